The van der Waals surface area contributed by atoms with Gasteiger partial charge in [-0.15, -0.1) is 11.3 Å². The summed E-state index contributed by atoms with van der Waals surface area (Å²) >= 11 is 1.78. The first kappa shape index (κ1) is 13.0. The molecule has 3 unspecified atom stereocenters. The monoisotopic (exact) mass is 254 g/mol. The Morgan fingerprint density at radius 1 is 1.47 bits per heavy atom. The van der Waals surface area contributed by atoms with Gasteiger partial charge in [0.25, 0.3) is 0 Å². The largest absolute Gasteiger partial charge is 0.380 e. The van der Waals surface area contributed by atoms with Crippen molar-refractivity contribution in [2.24, 2.45) is 0 Å². The van der Waals surface area contributed by atoms with E-state index in [1.807, 2.05) is 13.3 Å². The van der Waals surface area contributed by atoms with E-state index in [1.54, 1.807) is 11.3 Å². The van der Waals surface area contributed by atoms with E-state index in [1.165, 1.54) is 35.6 Å². The minimum absolute atomic E-state index is 0.328. The van der Waals surface area contributed by atoms with Gasteiger partial charge in [-0.2, -0.15) is 0 Å². The average molecular weight is 254 g/mol. The van der Waals surface area contributed by atoms with E-state index in [-0.39, 0.29) is 0 Å². The fourth-order valence-electron chi connectivity index (χ4n) is 2.53. The number of ether oxygens (including phenoxy) is 1. The molecule has 1 saturated carbocycles. The molecule has 0 radical (unpaired) electrons. The maximum atomic E-state index is 5.57. The molecule has 1 heterocycles. The Bertz CT molecular complexity index is 353. The van der Waals surface area contributed by atoms with Crippen LogP contribution in [0.15, 0.2) is 6.20 Å². The van der Waals surface area contributed by atoms with Crippen molar-refractivity contribution in [2.75, 3.05) is 7.11 Å². The summed E-state index contributed by atoms with van der Waals surface area (Å²) in [7, 11) is 1.82. The standard InChI is InChI=1S/C13H22N2OS/c1-9-8-14-13(17-9)10(2)15-11-6-4-5-7-12(11)16-3/h8,10-12,15H,4-7H2,1-3H3. The number of hydrogen-bond donors (Lipinski definition) is 1. The zero-order chi connectivity index (χ0) is 12.3. The van der Waals surface area contributed by atoms with Gasteiger partial charge in [0.1, 0.15) is 5.01 Å². The van der Waals surface area contributed by atoms with Crippen LogP contribution >= 0.6 is 11.3 Å². The summed E-state index contributed by atoms with van der Waals surface area (Å²) in [4.78, 5) is 5.73. The highest BCUT2D eigenvalue weighted by molar-refractivity contribution is 7.11. The molecule has 0 aliphatic heterocycles. The lowest BCUT2D eigenvalue weighted by molar-refractivity contribution is 0.0384. The Kier molecular flexibility index (Phi) is 4.54. The van der Waals surface area contributed by atoms with E-state index in [2.05, 4.69) is 24.1 Å². The number of aryl methyl sites for hydroxylation is 1. The number of methoxy groups -OCH3 is 1. The van der Waals surface area contributed by atoms with Crippen molar-refractivity contribution in [3.05, 3.63) is 16.1 Å². The van der Waals surface area contributed by atoms with Gasteiger partial charge in [-0.25, -0.2) is 4.98 Å². The summed E-state index contributed by atoms with van der Waals surface area (Å²) < 4.78 is 5.57. The number of hydrogen-bond acceptors (Lipinski definition) is 4. The van der Waals surface area contributed by atoms with Crippen LogP contribution in [0.3, 0.4) is 0 Å². The van der Waals surface area contributed by atoms with Crippen molar-refractivity contribution in [1.82, 2.24) is 10.3 Å². The summed E-state index contributed by atoms with van der Waals surface area (Å²) in [6.07, 6.45) is 7.31. The van der Waals surface area contributed by atoms with E-state index in [0.717, 1.165) is 0 Å². The number of aromatic nitrogens is 1. The van der Waals surface area contributed by atoms with Crippen LogP contribution < -0.4 is 5.32 Å². The molecule has 4 heteroatoms. The quantitative estimate of drug-likeness (QED) is 0.896. The maximum absolute atomic E-state index is 5.57. The molecule has 3 atom stereocenters. The first-order chi connectivity index (χ1) is 8.20. The van der Waals surface area contributed by atoms with Crippen molar-refractivity contribution in [1.29, 1.82) is 0 Å². The summed E-state index contributed by atoms with van der Waals surface area (Å²) in [5.74, 6) is 0. The average Bonchev–Trinajstić information content (AvgIpc) is 2.77. The minimum Gasteiger partial charge on any atom is -0.380 e. The van der Waals surface area contributed by atoms with Gasteiger partial charge in [0, 0.05) is 24.2 Å². The Morgan fingerprint density at radius 3 is 2.88 bits per heavy atom. The highest BCUT2D eigenvalue weighted by Gasteiger charge is 2.26. The first-order valence-corrected chi connectivity index (χ1v) is 7.23. The number of thiazole rings is 1. The zero-order valence-electron chi connectivity index (χ0n) is 10.9. The molecule has 0 bridgehead atoms. The van der Waals surface area contributed by atoms with Crippen molar-refractivity contribution < 1.29 is 4.74 Å². The Hall–Kier alpha value is -0.450. The van der Waals surface area contributed by atoms with E-state index in [9.17, 15) is 0 Å². The summed E-state index contributed by atoms with van der Waals surface area (Å²) in [6.45, 7) is 4.30. The molecule has 1 fully saturated rings. The van der Waals surface area contributed by atoms with E-state index >= 15 is 0 Å². The molecule has 3 nitrogen and oxygen atoms in total. The van der Waals surface area contributed by atoms with Crippen LogP contribution in [0.5, 0.6) is 0 Å². The van der Waals surface area contributed by atoms with Gasteiger partial charge in [-0.05, 0) is 26.7 Å². The lowest BCUT2D eigenvalue weighted by Crippen LogP contribution is -2.44. The Labute approximate surface area is 108 Å². The molecule has 0 spiro atoms. The fraction of sp³-hybridized carbons (Fsp3) is 0.769. The van der Waals surface area contributed by atoms with Crippen LogP contribution in [0, 0.1) is 6.92 Å². The molecule has 1 aromatic rings. The van der Waals surface area contributed by atoms with Gasteiger partial charge in [-0.1, -0.05) is 12.8 Å². The van der Waals surface area contributed by atoms with Crippen LogP contribution in [0.1, 0.15) is 48.5 Å². The van der Waals surface area contributed by atoms with E-state index in [0.29, 0.717) is 18.2 Å². The highest BCUT2D eigenvalue weighted by Crippen LogP contribution is 2.25. The van der Waals surface area contributed by atoms with Crippen LogP contribution in [-0.2, 0) is 4.74 Å². The van der Waals surface area contributed by atoms with E-state index < -0.39 is 0 Å². The SMILES string of the molecule is COC1CCCCC1NC(C)c1ncc(C)s1. The number of nitrogens with zero attached hydrogens (tertiary/aromatic N) is 1. The van der Waals surface area contributed by atoms with Crippen molar-refractivity contribution in [2.45, 2.75) is 57.7 Å². The second kappa shape index (κ2) is 5.94. The second-order valence-corrected chi connectivity index (χ2v) is 6.13. The predicted octanol–water partition coefficient (Wildman–Crippen LogP) is 3.06. The topological polar surface area (TPSA) is 34.1 Å². The molecular weight excluding hydrogens is 232 g/mol. The predicted molar refractivity (Wildman–Crippen MR) is 71.5 cm³/mol. The van der Waals surface area contributed by atoms with Crippen LogP contribution in [-0.4, -0.2) is 24.2 Å². The normalized spacial score (nSPS) is 27.0. The molecule has 0 amide bonds. The fourth-order valence-corrected chi connectivity index (χ4v) is 3.32. The number of rotatable bonds is 4. The lowest BCUT2D eigenvalue weighted by Gasteiger charge is -2.32. The molecule has 1 aliphatic carbocycles. The second-order valence-electron chi connectivity index (χ2n) is 4.86. The third-order valence-corrected chi connectivity index (χ3v) is 4.57. The number of nitrogens with one attached hydrogen (secondary N) is 1. The minimum atomic E-state index is 0.328. The molecule has 1 aliphatic rings. The van der Waals surface area contributed by atoms with Gasteiger partial charge < -0.3 is 10.1 Å². The molecule has 0 aromatic carbocycles. The van der Waals surface area contributed by atoms with Gasteiger partial charge in [0.05, 0.1) is 12.1 Å². The zero-order valence-corrected chi connectivity index (χ0v) is 11.7. The third-order valence-electron chi connectivity index (χ3n) is 3.48. The van der Waals surface area contributed by atoms with Crippen LogP contribution in [0.2, 0.25) is 0 Å². The molecule has 1 aromatic heterocycles. The van der Waals surface area contributed by atoms with Gasteiger partial charge in [-0.3, -0.25) is 0 Å². The highest BCUT2D eigenvalue weighted by atomic mass is 32.1. The van der Waals surface area contributed by atoms with Crippen LogP contribution in [0.4, 0.5) is 0 Å². The summed E-state index contributed by atoms with van der Waals surface area (Å²) in [5, 5.41) is 4.86. The van der Waals surface area contributed by atoms with Crippen molar-refractivity contribution in [3.8, 4) is 0 Å². The summed E-state index contributed by atoms with van der Waals surface area (Å²) in [5.41, 5.74) is 0. The lowest BCUT2D eigenvalue weighted by atomic mass is 9.92. The Balaban J connectivity index is 1.94. The molecule has 1 N–H and O–H groups in total. The maximum Gasteiger partial charge on any atom is 0.109 e. The van der Waals surface area contributed by atoms with Crippen LogP contribution in [0.25, 0.3) is 0 Å². The van der Waals surface area contributed by atoms with Crippen molar-refractivity contribution >= 4 is 11.3 Å². The van der Waals surface area contributed by atoms with E-state index in [4.69, 9.17) is 4.74 Å². The first-order valence-electron chi connectivity index (χ1n) is 6.42. The molecule has 0 saturated heterocycles. The molecule has 2 rings (SSSR count). The van der Waals surface area contributed by atoms with Gasteiger partial charge >= 0.3 is 0 Å². The molecule has 96 valence electrons. The third kappa shape index (κ3) is 3.27. The Morgan fingerprint density at radius 2 is 2.24 bits per heavy atom. The van der Waals surface area contributed by atoms with Crippen molar-refractivity contribution in [3.63, 3.8) is 0 Å². The van der Waals surface area contributed by atoms with Gasteiger partial charge in [0.2, 0.25) is 0 Å². The van der Waals surface area contributed by atoms with Gasteiger partial charge in [0.15, 0.2) is 0 Å². The molecular formula is C13H22N2OS. The summed E-state index contributed by atoms with van der Waals surface area (Å²) in [6, 6.07) is 0.808. The smallest absolute Gasteiger partial charge is 0.109 e. The molecule has 17 heavy (non-hydrogen) atoms.